The van der Waals surface area contributed by atoms with Crippen molar-refractivity contribution in [2.24, 2.45) is 0 Å². The third-order valence-electron chi connectivity index (χ3n) is 3.56. The predicted molar refractivity (Wildman–Crippen MR) is 68.6 cm³/mol. The van der Waals surface area contributed by atoms with Crippen molar-refractivity contribution in [2.75, 3.05) is 26.2 Å². The average molecular weight is 231 g/mol. The van der Waals surface area contributed by atoms with Crippen molar-refractivity contribution in [3.63, 3.8) is 0 Å². The van der Waals surface area contributed by atoms with Gasteiger partial charge in [-0.25, -0.2) is 12.9 Å². The standard InChI is InChI=1S/C11H25N3S/c1-4-13-11(3)14(5-2)15(13)12-9-7-6-8-10-12/h11,15H,4-10H2,1-3H3. The molecular formula is C11H25N3S. The molecule has 0 atom stereocenters. The zero-order chi connectivity index (χ0) is 10.8. The van der Waals surface area contributed by atoms with Gasteiger partial charge in [0.2, 0.25) is 0 Å². The second kappa shape index (κ2) is 5.04. The first-order chi connectivity index (χ1) is 7.29. The molecule has 3 nitrogen and oxygen atoms in total. The van der Waals surface area contributed by atoms with Gasteiger partial charge in [0.25, 0.3) is 0 Å². The minimum atomic E-state index is -0.0824. The van der Waals surface area contributed by atoms with Crippen LogP contribution in [0.4, 0.5) is 0 Å². The van der Waals surface area contributed by atoms with Crippen molar-refractivity contribution in [2.45, 2.75) is 46.2 Å². The third-order valence-corrected chi connectivity index (χ3v) is 6.61. The minimum absolute atomic E-state index is 0.0824. The van der Waals surface area contributed by atoms with Crippen LogP contribution in [0.1, 0.15) is 40.0 Å². The molecule has 0 aromatic heterocycles. The first-order valence-electron chi connectivity index (χ1n) is 6.37. The van der Waals surface area contributed by atoms with Crippen molar-refractivity contribution in [3.8, 4) is 0 Å². The maximum atomic E-state index is 2.73. The number of hydrogen-bond donors (Lipinski definition) is 1. The van der Waals surface area contributed by atoms with E-state index >= 15 is 0 Å². The lowest BCUT2D eigenvalue weighted by Gasteiger charge is -2.62. The molecule has 0 amide bonds. The fraction of sp³-hybridized carbons (Fsp3) is 1.00. The van der Waals surface area contributed by atoms with E-state index in [1.165, 1.54) is 45.4 Å². The van der Waals surface area contributed by atoms with E-state index in [2.05, 4.69) is 33.7 Å². The van der Waals surface area contributed by atoms with Crippen LogP contribution in [0, 0.1) is 0 Å². The molecule has 2 fully saturated rings. The summed E-state index contributed by atoms with van der Waals surface area (Å²) >= 11 is -0.0824. The van der Waals surface area contributed by atoms with Crippen LogP contribution in [0.25, 0.3) is 0 Å². The molecule has 90 valence electrons. The summed E-state index contributed by atoms with van der Waals surface area (Å²) in [7, 11) is 0. The van der Waals surface area contributed by atoms with Gasteiger partial charge >= 0.3 is 0 Å². The van der Waals surface area contributed by atoms with E-state index in [4.69, 9.17) is 0 Å². The van der Waals surface area contributed by atoms with Gasteiger partial charge in [-0.2, -0.15) is 0 Å². The van der Waals surface area contributed by atoms with Crippen LogP contribution < -0.4 is 0 Å². The van der Waals surface area contributed by atoms with E-state index in [1.54, 1.807) is 0 Å². The summed E-state index contributed by atoms with van der Waals surface area (Å²) in [4.78, 5) is 0. The molecular weight excluding hydrogens is 206 g/mol. The van der Waals surface area contributed by atoms with Crippen molar-refractivity contribution in [1.29, 1.82) is 0 Å². The van der Waals surface area contributed by atoms with Crippen molar-refractivity contribution < 1.29 is 0 Å². The number of piperidine rings is 1. The Morgan fingerprint density at radius 3 is 2.00 bits per heavy atom. The highest BCUT2D eigenvalue weighted by Gasteiger charge is 2.41. The van der Waals surface area contributed by atoms with Gasteiger partial charge in [-0.05, 0) is 19.8 Å². The van der Waals surface area contributed by atoms with Gasteiger partial charge in [0.05, 0.1) is 6.17 Å². The number of rotatable bonds is 3. The Kier molecular flexibility index (Phi) is 3.93. The van der Waals surface area contributed by atoms with Gasteiger partial charge in [-0.15, -0.1) is 0 Å². The second-order valence-corrected chi connectivity index (χ2v) is 6.56. The van der Waals surface area contributed by atoms with Crippen molar-refractivity contribution in [3.05, 3.63) is 0 Å². The molecule has 0 unspecified atom stereocenters. The molecule has 0 saturated carbocycles. The topological polar surface area (TPSA) is 9.72 Å². The molecule has 0 spiro atoms. The van der Waals surface area contributed by atoms with Crippen LogP contribution in [0.15, 0.2) is 0 Å². The summed E-state index contributed by atoms with van der Waals surface area (Å²) in [6, 6.07) is 0. The Labute approximate surface area is 97.2 Å². The average Bonchev–Trinajstić information content (AvgIpc) is 2.28. The number of thiol groups is 1. The highest BCUT2D eigenvalue weighted by Crippen LogP contribution is 2.51. The maximum absolute atomic E-state index is 2.73. The van der Waals surface area contributed by atoms with Crippen LogP contribution in [-0.4, -0.2) is 45.3 Å². The van der Waals surface area contributed by atoms with Crippen LogP contribution in [0.3, 0.4) is 0 Å². The van der Waals surface area contributed by atoms with Crippen LogP contribution in [0.5, 0.6) is 0 Å². The summed E-state index contributed by atoms with van der Waals surface area (Å²) in [6.07, 6.45) is 4.92. The Balaban J connectivity index is 1.98. The van der Waals surface area contributed by atoms with Crippen LogP contribution in [-0.2, 0) is 0 Å². The summed E-state index contributed by atoms with van der Waals surface area (Å²) in [6.45, 7) is 12.0. The van der Waals surface area contributed by atoms with E-state index in [0.717, 1.165) is 0 Å². The van der Waals surface area contributed by atoms with E-state index in [9.17, 15) is 0 Å². The largest absolute Gasteiger partial charge is 0.247 e. The number of hydrogen-bond acceptors (Lipinski definition) is 3. The Morgan fingerprint density at radius 2 is 1.53 bits per heavy atom. The molecule has 0 aliphatic carbocycles. The van der Waals surface area contributed by atoms with Crippen molar-refractivity contribution >= 4 is 11.5 Å². The highest BCUT2D eigenvalue weighted by atomic mass is 32.2. The predicted octanol–water partition coefficient (Wildman–Crippen LogP) is 2.22. The molecule has 15 heavy (non-hydrogen) atoms. The second-order valence-electron chi connectivity index (χ2n) is 4.43. The molecule has 2 saturated heterocycles. The van der Waals surface area contributed by atoms with Crippen LogP contribution >= 0.6 is 11.5 Å². The van der Waals surface area contributed by atoms with Gasteiger partial charge in [0, 0.05) is 26.2 Å². The fourth-order valence-corrected chi connectivity index (χ4v) is 5.50. The van der Waals surface area contributed by atoms with E-state index in [-0.39, 0.29) is 11.5 Å². The smallest absolute Gasteiger partial charge is 0.0798 e. The molecule has 0 aromatic carbocycles. The SMILES string of the molecule is CCN1C(C)N(CC)[SH]1N1CCCCC1. The monoisotopic (exact) mass is 231 g/mol. The summed E-state index contributed by atoms with van der Waals surface area (Å²) in [5.74, 6) is 0. The lowest BCUT2D eigenvalue weighted by Crippen LogP contribution is -2.61. The normalized spacial score (nSPS) is 37.8. The lowest BCUT2D eigenvalue weighted by atomic mass is 10.2. The van der Waals surface area contributed by atoms with Gasteiger partial charge in [0.15, 0.2) is 0 Å². The Hall–Kier alpha value is 0.230. The van der Waals surface area contributed by atoms with E-state index < -0.39 is 0 Å². The zero-order valence-corrected chi connectivity index (χ0v) is 11.2. The van der Waals surface area contributed by atoms with E-state index in [0.29, 0.717) is 6.17 Å². The van der Waals surface area contributed by atoms with Gasteiger partial charge in [-0.1, -0.05) is 31.7 Å². The molecule has 0 N–H and O–H groups in total. The van der Waals surface area contributed by atoms with Gasteiger partial charge in [-0.3, -0.25) is 0 Å². The molecule has 2 rings (SSSR count). The van der Waals surface area contributed by atoms with Gasteiger partial charge in [0.1, 0.15) is 0 Å². The lowest BCUT2D eigenvalue weighted by molar-refractivity contribution is 0.134. The fourth-order valence-electron chi connectivity index (χ4n) is 2.72. The highest BCUT2D eigenvalue weighted by molar-refractivity contribution is 8.11. The third kappa shape index (κ3) is 2.05. The maximum Gasteiger partial charge on any atom is 0.0798 e. The minimum Gasteiger partial charge on any atom is -0.247 e. The molecule has 2 aliphatic rings. The number of nitrogens with zero attached hydrogens (tertiary/aromatic N) is 3. The Bertz CT molecular complexity index is 194. The van der Waals surface area contributed by atoms with Crippen molar-refractivity contribution in [1.82, 2.24) is 12.9 Å². The van der Waals surface area contributed by atoms with E-state index in [1.807, 2.05) is 0 Å². The molecule has 0 radical (unpaired) electrons. The van der Waals surface area contributed by atoms with Crippen LogP contribution in [0.2, 0.25) is 0 Å². The first-order valence-corrected chi connectivity index (χ1v) is 7.57. The molecule has 2 aliphatic heterocycles. The quantitative estimate of drug-likeness (QED) is 0.747. The Morgan fingerprint density at radius 1 is 1.00 bits per heavy atom. The molecule has 2 heterocycles. The summed E-state index contributed by atoms with van der Waals surface area (Å²) in [5, 5.41) is 0. The summed E-state index contributed by atoms with van der Waals surface area (Å²) in [5.41, 5.74) is 0. The zero-order valence-electron chi connectivity index (χ0n) is 10.3. The molecule has 0 aromatic rings. The molecule has 0 bridgehead atoms. The summed E-state index contributed by atoms with van der Waals surface area (Å²) < 4.78 is 8.07. The molecule has 4 heteroatoms. The first kappa shape index (κ1) is 11.7. The van der Waals surface area contributed by atoms with Gasteiger partial charge < -0.3 is 0 Å².